The molecule has 6 heteroatoms. The Morgan fingerprint density at radius 1 is 1.04 bits per heavy atom. The van der Waals surface area contributed by atoms with Gasteiger partial charge in [0.05, 0.1) is 4.90 Å². The van der Waals surface area contributed by atoms with Gasteiger partial charge in [-0.15, -0.1) is 0 Å². The van der Waals surface area contributed by atoms with Crippen molar-refractivity contribution in [2.75, 3.05) is 0 Å². The van der Waals surface area contributed by atoms with E-state index in [1.165, 1.54) is 12.5 Å². The highest BCUT2D eigenvalue weighted by Crippen LogP contribution is 2.24. The van der Waals surface area contributed by atoms with Crippen molar-refractivity contribution in [1.82, 2.24) is 10.0 Å². The zero-order valence-corrected chi connectivity index (χ0v) is 15.6. The standard InChI is InChI=1S/C19H28N2O3S/c1-14-7-2-5-12-18(14)20-19(22)15-8-6-11-17(13-15)25(23,24)21-16-9-3-4-10-16/h6,8,11,13-14,16,18,21H,2-5,7,9-10,12H2,1H3,(H,20,22). The lowest BCUT2D eigenvalue weighted by Gasteiger charge is -2.29. The smallest absolute Gasteiger partial charge is 0.251 e. The van der Waals surface area contributed by atoms with E-state index >= 15 is 0 Å². The average molecular weight is 365 g/mol. The summed E-state index contributed by atoms with van der Waals surface area (Å²) in [5.41, 5.74) is 0.409. The van der Waals surface area contributed by atoms with Crippen LogP contribution in [-0.2, 0) is 10.0 Å². The Morgan fingerprint density at radius 3 is 2.44 bits per heavy atom. The third-order valence-electron chi connectivity index (χ3n) is 5.51. The van der Waals surface area contributed by atoms with Gasteiger partial charge in [0.15, 0.2) is 0 Å². The molecule has 25 heavy (non-hydrogen) atoms. The Hall–Kier alpha value is -1.40. The van der Waals surface area contributed by atoms with Crippen LogP contribution in [0, 0.1) is 5.92 Å². The molecule has 2 fully saturated rings. The number of amides is 1. The van der Waals surface area contributed by atoms with Crippen molar-refractivity contribution in [3.63, 3.8) is 0 Å². The molecule has 1 aromatic carbocycles. The Bertz CT molecular complexity index is 711. The molecule has 2 aliphatic carbocycles. The molecule has 138 valence electrons. The lowest BCUT2D eigenvalue weighted by Crippen LogP contribution is -2.41. The largest absolute Gasteiger partial charge is 0.349 e. The van der Waals surface area contributed by atoms with Gasteiger partial charge in [0, 0.05) is 17.6 Å². The second-order valence-corrected chi connectivity index (χ2v) is 9.19. The minimum Gasteiger partial charge on any atom is -0.349 e. The van der Waals surface area contributed by atoms with Gasteiger partial charge in [-0.1, -0.05) is 38.7 Å². The fourth-order valence-electron chi connectivity index (χ4n) is 3.92. The summed E-state index contributed by atoms with van der Waals surface area (Å²) in [5, 5.41) is 3.08. The van der Waals surface area contributed by atoms with Crippen LogP contribution in [0.5, 0.6) is 0 Å². The van der Waals surface area contributed by atoms with Gasteiger partial charge in [-0.25, -0.2) is 13.1 Å². The van der Waals surface area contributed by atoms with E-state index in [1.807, 2.05) is 0 Å². The third kappa shape index (κ3) is 4.61. The predicted molar refractivity (Wildman–Crippen MR) is 97.9 cm³/mol. The fourth-order valence-corrected chi connectivity index (χ4v) is 5.27. The van der Waals surface area contributed by atoms with E-state index in [-0.39, 0.29) is 22.9 Å². The molecule has 5 nitrogen and oxygen atoms in total. The molecule has 0 heterocycles. The SMILES string of the molecule is CC1CCCCC1NC(=O)c1cccc(S(=O)(=O)NC2CCCC2)c1. The maximum absolute atomic E-state index is 12.6. The molecule has 2 unspecified atom stereocenters. The quantitative estimate of drug-likeness (QED) is 0.842. The molecule has 0 aliphatic heterocycles. The molecule has 1 aromatic rings. The number of benzene rings is 1. The number of sulfonamides is 1. The number of hydrogen-bond acceptors (Lipinski definition) is 3. The third-order valence-corrected chi connectivity index (χ3v) is 7.03. The first-order chi connectivity index (χ1) is 12.0. The zero-order chi connectivity index (χ0) is 17.9. The molecule has 2 atom stereocenters. The molecule has 0 saturated heterocycles. The number of hydrogen-bond donors (Lipinski definition) is 2. The molecule has 0 radical (unpaired) electrons. The highest BCUT2D eigenvalue weighted by atomic mass is 32.2. The van der Waals surface area contributed by atoms with Gasteiger partial charge in [-0.3, -0.25) is 4.79 Å². The van der Waals surface area contributed by atoms with Gasteiger partial charge in [-0.2, -0.15) is 0 Å². The van der Waals surface area contributed by atoms with Gasteiger partial charge >= 0.3 is 0 Å². The highest BCUT2D eigenvalue weighted by molar-refractivity contribution is 7.89. The molecule has 2 N–H and O–H groups in total. The van der Waals surface area contributed by atoms with Gasteiger partial charge in [0.2, 0.25) is 10.0 Å². The molecular formula is C19H28N2O3S. The molecule has 2 saturated carbocycles. The van der Waals surface area contributed by atoms with Crippen LogP contribution in [-0.4, -0.2) is 26.4 Å². The van der Waals surface area contributed by atoms with Crippen LogP contribution in [0.25, 0.3) is 0 Å². The molecular weight excluding hydrogens is 336 g/mol. The van der Waals surface area contributed by atoms with Gasteiger partial charge in [-0.05, 0) is 49.8 Å². The Kier molecular flexibility index (Phi) is 5.79. The van der Waals surface area contributed by atoms with Crippen molar-refractivity contribution >= 4 is 15.9 Å². The van der Waals surface area contributed by atoms with Crippen molar-refractivity contribution in [3.05, 3.63) is 29.8 Å². The number of rotatable bonds is 5. The van der Waals surface area contributed by atoms with E-state index < -0.39 is 10.0 Å². The molecule has 3 rings (SSSR count). The summed E-state index contributed by atoms with van der Waals surface area (Å²) < 4.78 is 27.9. The maximum atomic E-state index is 12.6. The van der Waals surface area contributed by atoms with Crippen molar-refractivity contribution in [1.29, 1.82) is 0 Å². The summed E-state index contributed by atoms with van der Waals surface area (Å²) in [6.45, 7) is 2.16. The summed E-state index contributed by atoms with van der Waals surface area (Å²) in [5.74, 6) is 0.283. The lowest BCUT2D eigenvalue weighted by molar-refractivity contribution is 0.0910. The number of nitrogens with one attached hydrogen (secondary N) is 2. The van der Waals surface area contributed by atoms with Crippen molar-refractivity contribution in [2.24, 2.45) is 5.92 Å². The van der Waals surface area contributed by atoms with E-state index in [0.29, 0.717) is 11.5 Å². The Labute approximate surface area is 150 Å². The van der Waals surface area contributed by atoms with Crippen LogP contribution in [0.2, 0.25) is 0 Å². The van der Waals surface area contributed by atoms with Crippen LogP contribution >= 0.6 is 0 Å². The second kappa shape index (κ2) is 7.87. The van der Waals surface area contributed by atoms with Crippen molar-refractivity contribution in [3.8, 4) is 0 Å². The highest BCUT2D eigenvalue weighted by Gasteiger charge is 2.25. The predicted octanol–water partition coefficient (Wildman–Crippen LogP) is 3.22. The number of carbonyl (C=O) groups is 1. The average Bonchev–Trinajstić information content (AvgIpc) is 3.09. The topological polar surface area (TPSA) is 75.3 Å². The van der Waals surface area contributed by atoms with E-state index in [2.05, 4.69) is 17.0 Å². The second-order valence-electron chi connectivity index (χ2n) is 7.47. The molecule has 0 aromatic heterocycles. The maximum Gasteiger partial charge on any atom is 0.251 e. The van der Waals surface area contributed by atoms with Crippen LogP contribution < -0.4 is 10.0 Å². The lowest BCUT2D eigenvalue weighted by atomic mass is 9.86. The molecule has 2 aliphatic rings. The summed E-state index contributed by atoms with van der Waals surface area (Å²) in [6.07, 6.45) is 8.38. The summed E-state index contributed by atoms with van der Waals surface area (Å²) in [4.78, 5) is 12.7. The summed E-state index contributed by atoms with van der Waals surface area (Å²) in [7, 11) is -3.57. The van der Waals surface area contributed by atoms with Gasteiger partial charge < -0.3 is 5.32 Å². The van der Waals surface area contributed by atoms with E-state index in [9.17, 15) is 13.2 Å². The zero-order valence-electron chi connectivity index (χ0n) is 14.8. The van der Waals surface area contributed by atoms with Crippen LogP contribution in [0.3, 0.4) is 0 Å². The molecule has 1 amide bonds. The first-order valence-electron chi connectivity index (χ1n) is 9.39. The van der Waals surface area contributed by atoms with Crippen LogP contribution in [0.15, 0.2) is 29.2 Å². The van der Waals surface area contributed by atoms with Crippen molar-refractivity contribution in [2.45, 2.75) is 75.3 Å². The van der Waals surface area contributed by atoms with Crippen molar-refractivity contribution < 1.29 is 13.2 Å². The van der Waals surface area contributed by atoms with Crippen LogP contribution in [0.4, 0.5) is 0 Å². The first-order valence-corrected chi connectivity index (χ1v) is 10.9. The Balaban J connectivity index is 1.70. The van der Waals surface area contributed by atoms with E-state index in [4.69, 9.17) is 0 Å². The van der Waals surface area contributed by atoms with Crippen LogP contribution in [0.1, 0.15) is 68.6 Å². The molecule has 0 spiro atoms. The van der Waals surface area contributed by atoms with Gasteiger partial charge in [0.1, 0.15) is 0 Å². The summed E-state index contributed by atoms with van der Waals surface area (Å²) >= 11 is 0. The summed E-state index contributed by atoms with van der Waals surface area (Å²) in [6, 6.07) is 6.56. The van der Waals surface area contributed by atoms with Gasteiger partial charge in [0.25, 0.3) is 5.91 Å². The fraction of sp³-hybridized carbons (Fsp3) is 0.632. The first kappa shape index (κ1) is 18.4. The normalized spacial score (nSPS) is 25.0. The monoisotopic (exact) mass is 364 g/mol. The molecule has 0 bridgehead atoms. The number of carbonyl (C=O) groups excluding carboxylic acids is 1. The Morgan fingerprint density at radius 2 is 1.72 bits per heavy atom. The minimum absolute atomic E-state index is 0.0190. The minimum atomic E-state index is -3.57. The van der Waals surface area contributed by atoms with E-state index in [1.54, 1.807) is 18.2 Å². The van der Waals surface area contributed by atoms with E-state index in [0.717, 1.165) is 44.9 Å².